The van der Waals surface area contributed by atoms with Crippen molar-refractivity contribution in [2.75, 3.05) is 32.8 Å². The van der Waals surface area contributed by atoms with E-state index in [9.17, 15) is 15.0 Å². The highest BCUT2D eigenvalue weighted by Gasteiger charge is 2.33. The second kappa shape index (κ2) is 8.29. The van der Waals surface area contributed by atoms with Gasteiger partial charge in [-0.3, -0.25) is 14.7 Å². The van der Waals surface area contributed by atoms with Crippen molar-refractivity contribution in [3.05, 3.63) is 48.2 Å². The number of aliphatic hydroxyl groups excluding tert-OH is 1. The van der Waals surface area contributed by atoms with Crippen LogP contribution in [0.15, 0.2) is 42.6 Å². The summed E-state index contributed by atoms with van der Waals surface area (Å²) >= 11 is 0. The summed E-state index contributed by atoms with van der Waals surface area (Å²) in [4.78, 5) is 21.7. The predicted molar refractivity (Wildman–Crippen MR) is 107 cm³/mol. The number of aromatic nitrogens is 1. The minimum atomic E-state index is 0.0228. The average Bonchev–Trinajstić information content (AvgIpc) is 3.54. The third kappa shape index (κ3) is 4.34. The van der Waals surface area contributed by atoms with Gasteiger partial charge in [0.05, 0.1) is 11.9 Å². The van der Waals surface area contributed by atoms with Crippen molar-refractivity contribution in [3.63, 3.8) is 0 Å². The predicted octanol–water partition coefficient (Wildman–Crippen LogP) is 2.37. The van der Waals surface area contributed by atoms with Crippen LogP contribution in [-0.4, -0.2) is 69.7 Å². The van der Waals surface area contributed by atoms with Crippen LogP contribution in [-0.2, 0) is 0 Å². The van der Waals surface area contributed by atoms with Crippen LogP contribution in [0.5, 0.6) is 5.75 Å². The van der Waals surface area contributed by atoms with Crippen molar-refractivity contribution in [1.82, 2.24) is 14.8 Å². The van der Waals surface area contributed by atoms with E-state index in [0.717, 1.165) is 36.8 Å². The maximum Gasteiger partial charge on any atom is 0.253 e. The Kier molecular flexibility index (Phi) is 5.59. The Morgan fingerprint density at radius 2 is 2.04 bits per heavy atom. The van der Waals surface area contributed by atoms with E-state index in [1.807, 2.05) is 29.2 Å². The SMILES string of the molecule is O=C(c1cccc(-c2ccc(O)cn2)c1)N1CCN(CC2CC2)C(CCO)C1. The zero-order chi connectivity index (χ0) is 19.5. The Balaban J connectivity index is 1.47. The summed E-state index contributed by atoms with van der Waals surface area (Å²) in [6, 6.07) is 11.0. The first-order valence-corrected chi connectivity index (χ1v) is 10.0. The first kappa shape index (κ1) is 18.9. The Hall–Kier alpha value is -2.44. The lowest BCUT2D eigenvalue weighted by atomic mass is 10.0. The largest absolute Gasteiger partial charge is 0.506 e. The van der Waals surface area contributed by atoms with Gasteiger partial charge in [0.15, 0.2) is 0 Å². The summed E-state index contributed by atoms with van der Waals surface area (Å²) in [5.41, 5.74) is 2.22. The summed E-state index contributed by atoms with van der Waals surface area (Å²) in [5.74, 6) is 0.947. The van der Waals surface area contributed by atoms with E-state index in [2.05, 4.69) is 9.88 Å². The van der Waals surface area contributed by atoms with Crippen molar-refractivity contribution >= 4 is 5.91 Å². The fourth-order valence-electron chi connectivity index (χ4n) is 3.92. The topological polar surface area (TPSA) is 76.9 Å². The van der Waals surface area contributed by atoms with Gasteiger partial charge in [-0.15, -0.1) is 0 Å². The van der Waals surface area contributed by atoms with Gasteiger partial charge in [0.2, 0.25) is 0 Å². The van der Waals surface area contributed by atoms with Gasteiger partial charge in [0.25, 0.3) is 5.91 Å². The Morgan fingerprint density at radius 3 is 2.75 bits per heavy atom. The lowest BCUT2D eigenvalue weighted by Gasteiger charge is -2.41. The number of benzene rings is 1. The van der Waals surface area contributed by atoms with Crippen molar-refractivity contribution < 1.29 is 15.0 Å². The van der Waals surface area contributed by atoms with Gasteiger partial charge in [-0.05, 0) is 49.4 Å². The smallest absolute Gasteiger partial charge is 0.253 e. The van der Waals surface area contributed by atoms with Crippen LogP contribution in [0.2, 0.25) is 0 Å². The summed E-state index contributed by atoms with van der Waals surface area (Å²) in [6.45, 7) is 3.49. The standard InChI is InChI=1S/C22H27N3O3/c26-11-8-19-15-25(10-9-24(19)14-16-4-5-16)22(28)18-3-1-2-17(12-18)21-7-6-20(27)13-23-21/h1-3,6-7,12-13,16,19,26-27H,4-5,8-11,14-15H2. The average molecular weight is 381 g/mol. The van der Waals surface area contributed by atoms with Gasteiger partial charge in [0.1, 0.15) is 5.75 Å². The van der Waals surface area contributed by atoms with Crippen LogP contribution in [0.3, 0.4) is 0 Å². The second-order valence-electron chi connectivity index (χ2n) is 7.84. The minimum Gasteiger partial charge on any atom is -0.506 e. The van der Waals surface area contributed by atoms with E-state index < -0.39 is 0 Å². The molecule has 1 saturated carbocycles. The Morgan fingerprint density at radius 1 is 1.18 bits per heavy atom. The van der Waals surface area contributed by atoms with Crippen LogP contribution < -0.4 is 0 Å². The highest BCUT2D eigenvalue weighted by Crippen LogP contribution is 2.31. The number of carbonyl (C=O) groups excluding carboxylic acids is 1. The number of carbonyl (C=O) groups is 1. The molecule has 2 aromatic rings. The van der Waals surface area contributed by atoms with E-state index >= 15 is 0 Å². The summed E-state index contributed by atoms with van der Waals surface area (Å²) in [7, 11) is 0. The molecule has 6 nitrogen and oxygen atoms in total. The fourth-order valence-corrected chi connectivity index (χ4v) is 3.92. The second-order valence-corrected chi connectivity index (χ2v) is 7.84. The van der Waals surface area contributed by atoms with Crippen molar-refractivity contribution in [1.29, 1.82) is 0 Å². The number of pyridine rings is 1. The molecule has 1 aromatic heterocycles. The zero-order valence-corrected chi connectivity index (χ0v) is 16.0. The molecule has 28 heavy (non-hydrogen) atoms. The number of amides is 1. The van der Waals surface area contributed by atoms with Crippen molar-refractivity contribution in [2.45, 2.75) is 25.3 Å². The van der Waals surface area contributed by atoms with Gasteiger partial charge < -0.3 is 15.1 Å². The van der Waals surface area contributed by atoms with Gasteiger partial charge in [-0.25, -0.2) is 0 Å². The Bertz CT molecular complexity index is 820. The molecule has 1 aliphatic heterocycles. The van der Waals surface area contributed by atoms with Crippen LogP contribution >= 0.6 is 0 Å². The van der Waals surface area contributed by atoms with Gasteiger partial charge in [-0.1, -0.05) is 12.1 Å². The first-order valence-electron chi connectivity index (χ1n) is 10.0. The molecule has 0 bridgehead atoms. The van der Waals surface area contributed by atoms with Crippen LogP contribution in [0.4, 0.5) is 0 Å². The molecule has 1 aliphatic carbocycles. The summed E-state index contributed by atoms with van der Waals surface area (Å²) < 4.78 is 0. The van der Waals surface area contributed by atoms with E-state index in [-0.39, 0.29) is 24.3 Å². The number of hydrogen-bond donors (Lipinski definition) is 2. The number of hydrogen-bond acceptors (Lipinski definition) is 5. The lowest BCUT2D eigenvalue weighted by Crippen LogP contribution is -2.55. The molecule has 2 N–H and O–H groups in total. The number of aromatic hydroxyl groups is 1. The molecule has 0 spiro atoms. The van der Waals surface area contributed by atoms with E-state index in [4.69, 9.17) is 0 Å². The molecule has 2 fully saturated rings. The minimum absolute atomic E-state index is 0.0228. The Labute approximate surface area is 165 Å². The molecule has 2 heterocycles. The van der Waals surface area contributed by atoms with E-state index in [1.54, 1.807) is 12.1 Å². The highest BCUT2D eigenvalue weighted by atomic mass is 16.3. The highest BCUT2D eigenvalue weighted by molar-refractivity contribution is 5.95. The molecule has 1 aromatic carbocycles. The zero-order valence-electron chi connectivity index (χ0n) is 16.0. The lowest BCUT2D eigenvalue weighted by molar-refractivity contribution is 0.0407. The number of nitrogens with zero attached hydrogens (tertiary/aromatic N) is 3. The molecule has 148 valence electrons. The molecule has 0 radical (unpaired) electrons. The molecular formula is C22H27N3O3. The summed E-state index contributed by atoms with van der Waals surface area (Å²) in [6.07, 6.45) is 4.72. The molecule has 1 unspecified atom stereocenters. The third-order valence-corrected chi connectivity index (χ3v) is 5.70. The molecular weight excluding hydrogens is 354 g/mol. The van der Waals surface area contributed by atoms with Gasteiger partial charge in [0, 0.05) is 50.0 Å². The number of rotatable bonds is 6. The molecule has 1 amide bonds. The van der Waals surface area contributed by atoms with E-state index in [1.165, 1.54) is 19.0 Å². The molecule has 2 aliphatic rings. The normalized spacial score (nSPS) is 20.3. The van der Waals surface area contributed by atoms with Gasteiger partial charge >= 0.3 is 0 Å². The maximum atomic E-state index is 13.1. The number of aliphatic hydroxyl groups is 1. The quantitative estimate of drug-likeness (QED) is 0.803. The first-order chi connectivity index (χ1) is 13.6. The third-order valence-electron chi connectivity index (χ3n) is 5.70. The fraction of sp³-hybridized carbons (Fsp3) is 0.455. The summed E-state index contributed by atoms with van der Waals surface area (Å²) in [5, 5.41) is 18.9. The molecule has 1 atom stereocenters. The van der Waals surface area contributed by atoms with Gasteiger partial charge in [-0.2, -0.15) is 0 Å². The van der Waals surface area contributed by atoms with Crippen LogP contribution in [0.25, 0.3) is 11.3 Å². The van der Waals surface area contributed by atoms with Crippen molar-refractivity contribution in [3.8, 4) is 17.0 Å². The molecule has 1 saturated heterocycles. The monoisotopic (exact) mass is 381 g/mol. The van der Waals surface area contributed by atoms with Crippen LogP contribution in [0, 0.1) is 5.92 Å². The number of piperazine rings is 1. The molecule has 4 rings (SSSR count). The van der Waals surface area contributed by atoms with E-state index in [0.29, 0.717) is 18.5 Å². The van der Waals surface area contributed by atoms with Crippen molar-refractivity contribution in [2.24, 2.45) is 5.92 Å². The molecule has 6 heteroatoms. The van der Waals surface area contributed by atoms with Crippen LogP contribution in [0.1, 0.15) is 29.6 Å². The maximum absolute atomic E-state index is 13.1.